The van der Waals surface area contributed by atoms with Crippen LogP contribution in [0.15, 0.2) is 30.3 Å². The van der Waals surface area contributed by atoms with Crippen molar-refractivity contribution in [2.45, 2.75) is 44.9 Å². The first-order valence-corrected chi connectivity index (χ1v) is 9.33. The van der Waals surface area contributed by atoms with Gasteiger partial charge in [-0.15, -0.1) is 0 Å². The van der Waals surface area contributed by atoms with Crippen LogP contribution < -0.4 is 9.47 Å². The maximum absolute atomic E-state index is 9.70. The van der Waals surface area contributed by atoms with Gasteiger partial charge in [-0.2, -0.15) is 4.98 Å². The molecule has 1 aromatic heterocycles. The molecule has 0 saturated carbocycles. The molecule has 2 aliphatic rings. The van der Waals surface area contributed by atoms with Crippen LogP contribution in [0.5, 0.6) is 11.8 Å². The monoisotopic (exact) mass is 354 g/mol. The summed E-state index contributed by atoms with van der Waals surface area (Å²) in [7, 11) is 1.64. The zero-order valence-electron chi connectivity index (χ0n) is 15.4. The molecule has 5 nitrogen and oxygen atoms in total. The third-order valence-corrected chi connectivity index (χ3v) is 5.46. The minimum Gasteiger partial charge on any atom is -0.481 e. The Balaban J connectivity index is 1.49. The standard InChI is InChI=1S/C21H26N2O3/c1-14-4-3-5-18-17(14)7-8-19(18)26-20-9-6-15(21(22-20)25-2)12-23-11-10-16(24)13-23/h3-6,9,16,19,24H,7-8,10-13H2,1-2H3/t16-,19+/m1/s1. The SMILES string of the molecule is COc1nc(O[C@H]2CCc3c(C)cccc32)ccc1CN1CC[C@@H](O)C1. The number of aliphatic hydroxyl groups is 1. The minimum atomic E-state index is -0.220. The van der Waals surface area contributed by atoms with Gasteiger partial charge in [-0.3, -0.25) is 4.90 Å². The summed E-state index contributed by atoms with van der Waals surface area (Å²) in [6, 6.07) is 10.4. The Hall–Kier alpha value is -2.11. The van der Waals surface area contributed by atoms with E-state index in [2.05, 4.69) is 35.0 Å². The third kappa shape index (κ3) is 3.41. The smallest absolute Gasteiger partial charge is 0.220 e. The molecule has 1 aliphatic carbocycles. The number of methoxy groups -OCH3 is 1. The van der Waals surface area contributed by atoms with Crippen LogP contribution in [0.1, 0.15) is 41.2 Å². The van der Waals surface area contributed by atoms with Crippen molar-refractivity contribution < 1.29 is 14.6 Å². The quantitative estimate of drug-likeness (QED) is 0.894. The van der Waals surface area contributed by atoms with Gasteiger partial charge in [-0.05, 0) is 48.9 Å². The molecule has 0 spiro atoms. The molecule has 5 heteroatoms. The fraction of sp³-hybridized carbons (Fsp3) is 0.476. The molecule has 1 fully saturated rings. The van der Waals surface area contributed by atoms with E-state index in [4.69, 9.17) is 9.47 Å². The summed E-state index contributed by atoms with van der Waals surface area (Å²) in [4.78, 5) is 6.80. The third-order valence-electron chi connectivity index (χ3n) is 5.46. The predicted molar refractivity (Wildman–Crippen MR) is 99.6 cm³/mol. The molecule has 1 aliphatic heterocycles. The average Bonchev–Trinajstić information content (AvgIpc) is 3.23. The van der Waals surface area contributed by atoms with E-state index >= 15 is 0 Å². The summed E-state index contributed by atoms with van der Waals surface area (Å²) in [6.07, 6.45) is 2.71. The number of fused-ring (bicyclic) bond motifs is 1. The molecule has 1 N–H and O–H groups in total. The number of hydrogen-bond donors (Lipinski definition) is 1. The molecule has 0 unspecified atom stereocenters. The van der Waals surface area contributed by atoms with E-state index in [9.17, 15) is 5.11 Å². The van der Waals surface area contributed by atoms with Crippen LogP contribution in [0.3, 0.4) is 0 Å². The summed E-state index contributed by atoms with van der Waals surface area (Å²) in [6.45, 7) is 4.51. The molecule has 0 amide bonds. The molecule has 0 radical (unpaired) electrons. The molecule has 1 saturated heterocycles. The van der Waals surface area contributed by atoms with Gasteiger partial charge in [0.15, 0.2) is 0 Å². The first-order valence-electron chi connectivity index (χ1n) is 9.33. The highest BCUT2D eigenvalue weighted by atomic mass is 16.5. The number of pyridine rings is 1. The number of β-amino-alcohol motifs (C(OH)–C–C–N with tert-alkyl or cyclic N) is 1. The van der Waals surface area contributed by atoms with Gasteiger partial charge in [0.1, 0.15) is 6.10 Å². The van der Waals surface area contributed by atoms with Crippen LogP contribution in [-0.2, 0) is 13.0 Å². The maximum Gasteiger partial charge on any atom is 0.220 e. The Labute approximate surface area is 154 Å². The predicted octanol–water partition coefficient (Wildman–Crippen LogP) is 3.03. The second kappa shape index (κ2) is 7.25. The molecule has 2 aromatic rings. The van der Waals surface area contributed by atoms with E-state index in [0.717, 1.165) is 37.9 Å². The van der Waals surface area contributed by atoms with Crippen LogP contribution in [-0.4, -0.2) is 41.3 Å². The Kier molecular flexibility index (Phi) is 4.83. The Morgan fingerprint density at radius 2 is 2.12 bits per heavy atom. The summed E-state index contributed by atoms with van der Waals surface area (Å²) in [5.41, 5.74) is 5.05. The van der Waals surface area contributed by atoms with Gasteiger partial charge in [-0.1, -0.05) is 18.2 Å². The molecule has 2 heterocycles. The topological polar surface area (TPSA) is 54.8 Å². The van der Waals surface area contributed by atoms with E-state index in [1.807, 2.05) is 12.1 Å². The first-order chi connectivity index (χ1) is 12.6. The summed E-state index contributed by atoms with van der Waals surface area (Å²) in [5.74, 6) is 1.21. The van der Waals surface area contributed by atoms with Gasteiger partial charge in [0.2, 0.25) is 11.8 Å². The highest BCUT2D eigenvalue weighted by Gasteiger charge is 2.26. The number of aliphatic hydroxyl groups excluding tert-OH is 1. The number of aromatic nitrogens is 1. The van der Waals surface area contributed by atoms with Gasteiger partial charge in [-0.25, -0.2) is 0 Å². The molecule has 4 rings (SSSR count). The van der Waals surface area contributed by atoms with Crippen LogP contribution in [0.25, 0.3) is 0 Å². The summed E-state index contributed by atoms with van der Waals surface area (Å²) in [5, 5.41) is 9.70. The maximum atomic E-state index is 9.70. The van der Waals surface area contributed by atoms with E-state index in [1.54, 1.807) is 7.11 Å². The van der Waals surface area contributed by atoms with Crippen molar-refractivity contribution in [1.29, 1.82) is 0 Å². The van der Waals surface area contributed by atoms with Crippen LogP contribution in [0.4, 0.5) is 0 Å². The summed E-state index contributed by atoms with van der Waals surface area (Å²) >= 11 is 0. The van der Waals surface area contributed by atoms with Crippen molar-refractivity contribution in [3.63, 3.8) is 0 Å². The number of aryl methyl sites for hydroxylation is 1. The van der Waals surface area contributed by atoms with Gasteiger partial charge < -0.3 is 14.6 Å². The first kappa shape index (κ1) is 17.3. The number of likely N-dealkylation sites (tertiary alicyclic amines) is 1. The van der Waals surface area contributed by atoms with Crippen molar-refractivity contribution in [1.82, 2.24) is 9.88 Å². The lowest BCUT2D eigenvalue weighted by atomic mass is 10.0. The van der Waals surface area contributed by atoms with E-state index in [-0.39, 0.29) is 12.2 Å². The van der Waals surface area contributed by atoms with Crippen LogP contribution in [0, 0.1) is 6.92 Å². The van der Waals surface area contributed by atoms with Crippen molar-refractivity contribution >= 4 is 0 Å². The number of nitrogens with zero attached hydrogens (tertiary/aromatic N) is 2. The number of ether oxygens (including phenoxy) is 2. The van der Waals surface area contributed by atoms with Crippen molar-refractivity contribution in [2.24, 2.45) is 0 Å². The van der Waals surface area contributed by atoms with E-state index in [1.165, 1.54) is 16.7 Å². The molecule has 0 bridgehead atoms. The van der Waals surface area contributed by atoms with Crippen molar-refractivity contribution in [3.8, 4) is 11.8 Å². The van der Waals surface area contributed by atoms with Gasteiger partial charge in [0.25, 0.3) is 0 Å². The molecule has 138 valence electrons. The largest absolute Gasteiger partial charge is 0.481 e. The van der Waals surface area contributed by atoms with Gasteiger partial charge >= 0.3 is 0 Å². The van der Waals surface area contributed by atoms with E-state index < -0.39 is 0 Å². The zero-order chi connectivity index (χ0) is 18.1. The molecular weight excluding hydrogens is 328 g/mol. The minimum absolute atomic E-state index is 0.0571. The zero-order valence-corrected chi connectivity index (χ0v) is 15.4. The van der Waals surface area contributed by atoms with Crippen LogP contribution in [0.2, 0.25) is 0 Å². The lowest BCUT2D eigenvalue weighted by molar-refractivity contribution is 0.174. The number of hydrogen-bond acceptors (Lipinski definition) is 5. The fourth-order valence-electron chi connectivity index (χ4n) is 4.08. The molecule has 26 heavy (non-hydrogen) atoms. The Bertz CT molecular complexity index is 793. The van der Waals surface area contributed by atoms with Gasteiger partial charge in [0, 0.05) is 31.3 Å². The summed E-state index contributed by atoms with van der Waals surface area (Å²) < 4.78 is 11.7. The van der Waals surface area contributed by atoms with E-state index in [0.29, 0.717) is 18.3 Å². The lowest BCUT2D eigenvalue weighted by Gasteiger charge is -2.18. The highest BCUT2D eigenvalue weighted by Crippen LogP contribution is 2.36. The normalized spacial score (nSPS) is 22.4. The molecule has 1 aromatic carbocycles. The number of benzene rings is 1. The Morgan fingerprint density at radius 3 is 2.88 bits per heavy atom. The molecular formula is C21H26N2O3. The lowest BCUT2D eigenvalue weighted by Crippen LogP contribution is -2.22. The fourth-order valence-corrected chi connectivity index (χ4v) is 4.08. The van der Waals surface area contributed by atoms with Crippen molar-refractivity contribution in [2.75, 3.05) is 20.2 Å². The average molecular weight is 354 g/mol. The van der Waals surface area contributed by atoms with Crippen LogP contribution >= 0.6 is 0 Å². The number of rotatable bonds is 5. The molecule has 2 atom stereocenters. The van der Waals surface area contributed by atoms with Crippen molar-refractivity contribution in [3.05, 3.63) is 52.6 Å². The second-order valence-corrected chi connectivity index (χ2v) is 7.28. The second-order valence-electron chi connectivity index (χ2n) is 7.28. The Morgan fingerprint density at radius 1 is 1.23 bits per heavy atom. The highest BCUT2D eigenvalue weighted by molar-refractivity contribution is 5.40. The van der Waals surface area contributed by atoms with Gasteiger partial charge in [0.05, 0.1) is 13.2 Å².